The molecule has 0 spiro atoms. The molecule has 118 valence electrons. The van der Waals surface area contributed by atoms with Gasteiger partial charge < -0.3 is 15.0 Å². The van der Waals surface area contributed by atoms with Crippen molar-refractivity contribution in [2.24, 2.45) is 0 Å². The number of nitrogens with zero attached hydrogens (tertiary/aromatic N) is 3. The Kier molecular flexibility index (Phi) is 5.53. The van der Waals surface area contributed by atoms with Gasteiger partial charge in [-0.25, -0.2) is 4.98 Å². The summed E-state index contributed by atoms with van der Waals surface area (Å²) in [6, 6.07) is 12.6. The van der Waals surface area contributed by atoms with Crippen LogP contribution in [0.2, 0.25) is 0 Å². The number of hydrogen-bond acceptors (Lipinski definition) is 5. The predicted octanol–water partition coefficient (Wildman–Crippen LogP) is 2.43. The molecule has 1 amide bonds. The van der Waals surface area contributed by atoms with E-state index in [0.29, 0.717) is 23.6 Å². The lowest BCUT2D eigenvalue weighted by molar-refractivity contribution is -0.115. The standard InChI is InChI=1S/C17H18N4O2/c1-3-21(16-9-4-13(10-18)11-19-16)12-17(22)20-14-5-7-15(23-2)8-6-14/h4-9,11H,3,12H2,1-2H3,(H,20,22). The summed E-state index contributed by atoms with van der Waals surface area (Å²) < 4.78 is 5.08. The van der Waals surface area contributed by atoms with Crippen LogP contribution in [0.1, 0.15) is 12.5 Å². The lowest BCUT2D eigenvalue weighted by Gasteiger charge is -2.21. The van der Waals surface area contributed by atoms with E-state index in [0.717, 1.165) is 5.75 Å². The van der Waals surface area contributed by atoms with Gasteiger partial charge in [-0.3, -0.25) is 4.79 Å². The van der Waals surface area contributed by atoms with E-state index < -0.39 is 0 Å². The third kappa shape index (κ3) is 4.45. The number of nitrogens with one attached hydrogen (secondary N) is 1. The molecule has 0 aliphatic heterocycles. The lowest BCUT2D eigenvalue weighted by atomic mass is 10.3. The first-order valence-electron chi connectivity index (χ1n) is 7.21. The van der Waals surface area contributed by atoms with Gasteiger partial charge in [0.1, 0.15) is 17.6 Å². The number of methoxy groups -OCH3 is 1. The Morgan fingerprint density at radius 2 is 2.04 bits per heavy atom. The highest BCUT2D eigenvalue weighted by Gasteiger charge is 2.11. The molecule has 0 aliphatic rings. The second-order valence-electron chi connectivity index (χ2n) is 4.81. The van der Waals surface area contributed by atoms with Crippen molar-refractivity contribution in [2.75, 3.05) is 30.4 Å². The monoisotopic (exact) mass is 310 g/mol. The number of amides is 1. The number of carbonyl (C=O) groups excluding carboxylic acids is 1. The highest BCUT2D eigenvalue weighted by molar-refractivity contribution is 5.94. The van der Waals surface area contributed by atoms with Crippen LogP contribution in [0.15, 0.2) is 42.6 Å². The molecule has 0 saturated carbocycles. The van der Waals surface area contributed by atoms with E-state index in [9.17, 15) is 4.79 Å². The smallest absolute Gasteiger partial charge is 0.243 e. The van der Waals surface area contributed by atoms with Crippen molar-refractivity contribution >= 4 is 17.4 Å². The molecule has 1 N–H and O–H groups in total. The van der Waals surface area contributed by atoms with Crippen LogP contribution in [0.4, 0.5) is 11.5 Å². The zero-order chi connectivity index (χ0) is 16.7. The van der Waals surface area contributed by atoms with Crippen molar-refractivity contribution in [2.45, 2.75) is 6.92 Å². The second-order valence-corrected chi connectivity index (χ2v) is 4.81. The number of carbonyl (C=O) groups is 1. The SMILES string of the molecule is CCN(CC(=O)Nc1ccc(OC)cc1)c1ccc(C#N)cn1. The third-order valence-corrected chi connectivity index (χ3v) is 3.29. The molecule has 0 atom stereocenters. The fourth-order valence-electron chi connectivity index (χ4n) is 2.04. The van der Waals surface area contributed by atoms with Crippen LogP contribution in [0, 0.1) is 11.3 Å². The number of aromatic nitrogens is 1. The zero-order valence-corrected chi connectivity index (χ0v) is 13.1. The maximum atomic E-state index is 12.2. The molecule has 0 bridgehead atoms. The maximum absolute atomic E-state index is 12.2. The van der Waals surface area contributed by atoms with Crippen molar-refractivity contribution < 1.29 is 9.53 Å². The van der Waals surface area contributed by atoms with Gasteiger partial charge in [0, 0.05) is 18.4 Å². The van der Waals surface area contributed by atoms with E-state index in [-0.39, 0.29) is 12.5 Å². The molecule has 0 fully saturated rings. The predicted molar refractivity (Wildman–Crippen MR) is 88.5 cm³/mol. The second kappa shape index (κ2) is 7.80. The third-order valence-electron chi connectivity index (χ3n) is 3.29. The summed E-state index contributed by atoms with van der Waals surface area (Å²) in [4.78, 5) is 18.2. The first kappa shape index (κ1) is 16.3. The minimum Gasteiger partial charge on any atom is -0.497 e. The van der Waals surface area contributed by atoms with Gasteiger partial charge >= 0.3 is 0 Å². The first-order chi connectivity index (χ1) is 11.2. The van der Waals surface area contributed by atoms with Gasteiger partial charge in [0.2, 0.25) is 5.91 Å². The Labute approximate surface area is 135 Å². The number of rotatable bonds is 6. The number of anilines is 2. The molecule has 23 heavy (non-hydrogen) atoms. The van der Waals surface area contributed by atoms with Crippen molar-refractivity contribution in [3.8, 4) is 11.8 Å². The largest absolute Gasteiger partial charge is 0.497 e. The first-order valence-corrected chi connectivity index (χ1v) is 7.21. The maximum Gasteiger partial charge on any atom is 0.243 e. The molecule has 0 aliphatic carbocycles. The molecular weight excluding hydrogens is 292 g/mol. The van der Waals surface area contributed by atoms with E-state index >= 15 is 0 Å². The number of benzene rings is 1. The van der Waals surface area contributed by atoms with Crippen molar-refractivity contribution in [1.29, 1.82) is 5.26 Å². The summed E-state index contributed by atoms with van der Waals surface area (Å²) in [6.07, 6.45) is 1.50. The summed E-state index contributed by atoms with van der Waals surface area (Å²) in [5.74, 6) is 1.26. The van der Waals surface area contributed by atoms with Crippen LogP contribution in [-0.4, -0.2) is 31.1 Å². The highest BCUT2D eigenvalue weighted by Crippen LogP contribution is 2.15. The minimum absolute atomic E-state index is 0.136. The van der Waals surface area contributed by atoms with E-state index in [2.05, 4.69) is 10.3 Å². The minimum atomic E-state index is -0.136. The van der Waals surface area contributed by atoms with Gasteiger partial charge in [0.05, 0.1) is 19.2 Å². The van der Waals surface area contributed by atoms with E-state index in [1.165, 1.54) is 6.20 Å². The molecule has 2 rings (SSSR count). The van der Waals surface area contributed by atoms with Crippen LogP contribution in [0.3, 0.4) is 0 Å². The molecular formula is C17H18N4O2. The highest BCUT2D eigenvalue weighted by atomic mass is 16.5. The summed E-state index contributed by atoms with van der Waals surface area (Å²) in [5.41, 5.74) is 1.20. The molecule has 0 saturated heterocycles. The number of ether oxygens (including phenoxy) is 1. The van der Waals surface area contributed by atoms with Gasteiger partial charge in [-0.2, -0.15) is 5.26 Å². The van der Waals surface area contributed by atoms with E-state index in [4.69, 9.17) is 10.00 Å². The molecule has 1 aromatic carbocycles. The molecule has 1 aromatic heterocycles. The average molecular weight is 310 g/mol. The van der Waals surface area contributed by atoms with Crippen LogP contribution < -0.4 is 15.0 Å². The Hall–Kier alpha value is -3.07. The van der Waals surface area contributed by atoms with Crippen LogP contribution in [0.25, 0.3) is 0 Å². The van der Waals surface area contributed by atoms with Crippen molar-refractivity contribution in [1.82, 2.24) is 4.98 Å². The van der Waals surface area contributed by atoms with Gasteiger partial charge in [-0.15, -0.1) is 0 Å². The van der Waals surface area contributed by atoms with Gasteiger partial charge in [0.15, 0.2) is 0 Å². The van der Waals surface area contributed by atoms with Crippen molar-refractivity contribution in [3.63, 3.8) is 0 Å². The lowest BCUT2D eigenvalue weighted by Crippen LogP contribution is -2.33. The normalized spacial score (nSPS) is 9.78. The van der Waals surface area contributed by atoms with Crippen molar-refractivity contribution in [3.05, 3.63) is 48.2 Å². The van der Waals surface area contributed by atoms with E-state index in [1.54, 1.807) is 43.5 Å². The van der Waals surface area contributed by atoms with E-state index in [1.807, 2.05) is 17.9 Å². The molecule has 6 heteroatoms. The Morgan fingerprint density at radius 1 is 1.30 bits per heavy atom. The van der Waals surface area contributed by atoms with Gasteiger partial charge in [0.25, 0.3) is 0 Å². The number of nitriles is 1. The molecule has 0 radical (unpaired) electrons. The van der Waals surface area contributed by atoms with Gasteiger partial charge in [-0.1, -0.05) is 0 Å². The van der Waals surface area contributed by atoms with Gasteiger partial charge in [-0.05, 0) is 43.3 Å². The number of hydrogen-bond donors (Lipinski definition) is 1. The summed E-state index contributed by atoms with van der Waals surface area (Å²) in [7, 11) is 1.59. The quantitative estimate of drug-likeness (QED) is 0.886. The zero-order valence-electron chi connectivity index (χ0n) is 13.1. The summed E-state index contributed by atoms with van der Waals surface area (Å²) in [5, 5.41) is 11.6. The molecule has 1 heterocycles. The van der Waals surface area contributed by atoms with Crippen LogP contribution >= 0.6 is 0 Å². The topological polar surface area (TPSA) is 78.3 Å². The molecule has 2 aromatic rings. The molecule has 6 nitrogen and oxygen atoms in total. The Morgan fingerprint density at radius 3 is 2.57 bits per heavy atom. The fraction of sp³-hybridized carbons (Fsp3) is 0.235. The molecule has 0 unspecified atom stereocenters. The fourth-order valence-corrected chi connectivity index (χ4v) is 2.04. The van der Waals surface area contributed by atoms with Crippen LogP contribution in [0.5, 0.6) is 5.75 Å². The Balaban J connectivity index is 1.99. The summed E-state index contributed by atoms with van der Waals surface area (Å²) >= 11 is 0. The average Bonchev–Trinajstić information content (AvgIpc) is 2.60. The summed E-state index contributed by atoms with van der Waals surface area (Å²) in [6.45, 7) is 2.76. The Bertz CT molecular complexity index is 690. The number of pyridine rings is 1. The van der Waals surface area contributed by atoms with Crippen LogP contribution in [-0.2, 0) is 4.79 Å². The number of likely N-dealkylation sites (N-methyl/N-ethyl adjacent to an activating group) is 1.